The first kappa shape index (κ1) is 9.69. The minimum absolute atomic E-state index is 0.0704. The molecule has 0 bridgehead atoms. The van der Waals surface area contributed by atoms with E-state index in [9.17, 15) is 20.2 Å². The van der Waals surface area contributed by atoms with E-state index in [-0.39, 0.29) is 45.6 Å². The molecule has 0 heterocycles. The normalized spacial score (nSPS) is 65.1. The minimum Gasteiger partial charge on any atom is -0.264 e. The van der Waals surface area contributed by atoms with Crippen molar-refractivity contribution in [2.24, 2.45) is 47.3 Å². The molecule has 5 fully saturated rings. The minimum atomic E-state index is -0.379. The van der Waals surface area contributed by atoms with Crippen LogP contribution in [0.25, 0.3) is 0 Å². The Morgan fingerprint density at radius 1 is 0.667 bits per heavy atom. The van der Waals surface area contributed by atoms with E-state index in [1.807, 2.05) is 0 Å². The third kappa shape index (κ3) is 0.715. The van der Waals surface area contributed by atoms with Crippen LogP contribution in [0.4, 0.5) is 0 Å². The zero-order chi connectivity index (χ0) is 12.3. The van der Waals surface area contributed by atoms with Gasteiger partial charge >= 0.3 is 0 Å². The first-order valence-electron chi connectivity index (χ1n) is 6.88. The summed E-state index contributed by atoms with van der Waals surface area (Å²) >= 11 is 0. The first-order chi connectivity index (χ1) is 8.61. The molecule has 0 aromatic heterocycles. The molecule has 0 aromatic rings. The molecule has 2 unspecified atom stereocenters. The van der Waals surface area contributed by atoms with Crippen molar-refractivity contribution >= 4 is 0 Å². The van der Waals surface area contributed by atoms with E-state index < -0.39 is 0 Å². The summed E-state index contributed by atoms with van der Waals surface area (Å²) in [5.74, 6) is 2.50. The van der Waals surface area contributed by atoms with Crippen LogP contribution >= 0.6 is 0 Å². The summed E-state index contributed by atoms with van der Waals surface area (Å²) in [5, 5.41) is 22.6. The van der Waals surface area contributed by atoms with Gasteiger partial charge in [0.15, 0.2) is 0 Å². The molecule has 6 nitrogen and oxygen atoms in total. The van der Waals surface area contributed by atoms with Crippen molar-refractivity contribution in [1.29, 1.82) is 0 Å². The number of hydrogen-bond donors (Lipinski definition) is 0. The zero-order valence-electron chi connectivity index (χ0n) is 9.72. The van der Waals surface area contributed by atoms with Crippen LogP contribution in [0.2, 0.25) is 0 Å². The maximum atomic E-state index is 11.3. The Bertz CT molecular complexity index is 414. The molecule has 5 aliphatic rings. The van der Waals surface area contributed by atoms with Crippen molar-refractivity contribution in [2.45, 2.75) is 24.9 Å². The van der Waals surface area contributed by atoms with Gasteiger partial charge in [-0.2, -0.15) is 0 Å². The van der Waals surface area contributed by atoms with Crippen molar-refractivity contribution in [3.05, 3.63) is 20.2 Å². The summed E-state index contributed by atoms with van der Waals surface area (Å²) in [6, 6.07) is -0.759. The van der Waals surface area contributed by atoms with Gasteiger partial charge in [-0.05, 0) is 36.5 Å². The summed E-state index contributed by atoms with van der Waals surface area (Å²) < 4.78 is 0. The highest BCUT2D eigenvalue weighted by atomic mass is 16.6. The number of hydrogen-bond acceptors (Lipinski definition) is 4. The van der Waals surface area contributed by atoms with E-state index >= 15 is 0 Å². The Labute approximate surface area is 103 Å². The Morgan fingerprint density at radius 3 is 1.17 bits per heavy atom. The molecule has 5 saturated carbocycles. The average molecular weight is 250 g/mol. The van der Waals surface area contributed by atoms with Crippen LogP contribution in [-0.4, -0.2) is 21.9 Å². The molecule has 6 heteroatoms. The number of nitro groups is 2. The smallest absolute Gasteiger partial charge is 0.219 e. The maximum Gasteiger partial charge on any atom is 0.219 e. The third-order valence-electron chi connectivity index (χ3n) is 7.09. The fourth-order valence-corrected chi connectivity index (χ4v) is 7.15. The monoisotopic (exact) mass is 250 g/mol. The van der Waals surface area contributed by atoms with E-state index in [0.717, 1.165) is 12.8 Å². The van der Waals surface area contributed by atoms with Crippen LogP contribution in [-0.2, 0) is 0 Å². The van der Waals surface area contributed by atoms with Gasteiger partial charge in [-0.25, -0.2) is 0 Å². The first-order valence-corrected chi connectivity index (χ1v) is 6.88. The summed E-state index contributed by atoms with van der Waals surface area (Å²) in [6.07, 6.45) is 1.51. The molecular formula is C12H14N2O4. The van der Waals surface area contributed by atoms with Gasteiger partial charge in [0, 0.05) is 33.5 Å². The lowest BCUT2D eigenvalue weighted by atomic mass is 9.60. The van der Waals surface area contributed by atoms with Crippen molar-refractivity contribution < 1.29 is 9.85 Å². The predicted molar refractivity (Wildman–Crippen MR) is 58.7 cm³/mol. The molecule has 0 aliphatic heterocycles. The average Bonchev–Trinajstić information content (AvgIpc) is 2.71. The summed E-state index contributed by atoms with van der Waals surface area (Å²) in [6.45, 7) is 0. The van der Waals surface area contributed by atoms with Crippen molar-refractivity contribution in [3.63, 3.8) is 0 Å². The number of nitrogens with zero attached hydrogens (tertiary/aromatic N) is 2. The molecule has 18 heavy (non-hydrogen) atoms. The van der Waals surface area contributed by atoms with Crippen LogP contribution < -0.4 is 0 Å². The van der Waals surface area contributed by atoms with Crippen molar-refractivity contribution in [3.8, 4) is 0 Å². The van der Waals surface area contributed by atoms with Gasteiger partial charge in [-0.3, -0.25) is 20.2 Å². The molecule has 0 amide bonds. The SMILES string of the molecule is O=[N+]([O-])C1[C@@H]2C[C@H]3C4C2C2C4[C@@H](C[C@@H]21)C3[N+](=O)[O-]. The molecule has 6 atom stereocenters. The lowest BCUT2D eigenvalue weighted by molar-refractivity contribution is -0.549. The van der Waals surface area contributed by atoms with Crippen LogP contribution in [0.15, 0.2) is 0 Å². The van der Waals surface area contributed by atoms with Gasteiger partial charge in [0.25, 0.3) is 0 Å². The van der Waals surface area contributed by atoms with E-state index in [1.54, 1.807) is 0 Å². The predicted octanol–water partition coefficient (Wildman–Crippen LogP) is 1.05. The summed E-state index contributed by atoms with van der Waals surface area (Å²) in [5.41, 5.74) is 0. The number of rotatable bonds is 2. The molecular weight excluding hydrogens is 236 g/mol. The molecule has 0 aromatic carbocycles. The fraction of sp³-hybridized carbons (Fsp3) is 1.00. The highest BCUT2D eigenvalue weighted by Gasteiger charge is 2.84. The topological polar surface area (TPSA) is 86.3 Å². The highest BCUT2D eigenvalue weighted by molar-refractivity contribution is 5.26. The lowest BCUT2D eigenvalue weighted by Gasteiger charge is -2.43. The van der Waals surface area contributed by atoms with Gasteiger partial charge in [0.05, 0.1) is 0 Å². The second-order valence-electron chi connectivity index (χ2n) is 6.99. The van der Waals surface area contributed by atoms with Crippen molar-refractivity contribution in [1.82, 2.24) is 0 Å². The molecule has 0 radical (unpaired) electrons. The highest BCUT2D eigenvalue weighted by Crippen LogP contribution is 2.80. The summed E-state index contributed by atoms with van der Waals surface area (Å²) in [7, 11) is 0. The molecule has 0 N–H and O–H groups in total. The van der Waals surface area contributed by atoms with Gasteiger partial charge in [0.2, 0.25) is 12.1 Å². The van der Waals surface area contributed by atoms with Gasteiger partial charge in [-0.15, -0.1) is 0 Å². The van der Waals surface area contributed by atoms with Gasteiger partial charge in [0.1, 0.15) is 0 Å². The van der Waals surface area contributed by atoms with Crippen LogP contribution in [0.1, 0.15) is 12.8 Å². The van der Waals surface area contributed by atoms with E-state index in [4.69, 9.17) is 0 Å². The molecule has 96 valence electrons. The fourth-order valence-electron chi connectivity index (χ4n) is 7.15. The van der Waals surface area contributed by atoms with Crippen LogP contribution in [0, 0.1) is 67.6 Å². The standard InChI is InChI=1S/C12H14N2O4/c15-13(16)11-3-1-4-8-7(3)9-5(11)2-6(10(8)9)12(4)14(17)18/h3-12H,1-2H2/t3-,4+,5+,6-,7?,8?,9?,10?,11?,12?. The molecule has 5 aliphatic carbocycles. The Balaban J connectivity index is 1.65. The molecule has 5 rings (SSSR count). The van der Waals surface area contributed by atoms with Crippen LogP contribution in [0.3, 0.4) is 0 Å². The second-order valence-corrected chi connectivity index (χ2v) is 6.99. The maximum absolute atomic E-state index is 11.3. The van der Waals surface area contributed by atoms with Crippen molar-refractivity contribution in [2.75, 3.05) is 0 Å². The van der Waals surface area contributed by atoms with Gasteiger partial charge in [-0.1, -0.05) is 0 Å². The third-order valence-corrected chi connectivity index (χ3v) is 7.09. The Kier molecular flexibility index (Phi) is 1.38. The second kappa shape index (κ2) is 2.56. The zero-order valence-corrected chi connectivity index (χ0v) is 9.72. The van der Waals surface area contributed by atoms with E-state index in [1.165, 1.54) is 0 Å². The summed E-state index contributed by atoms with van der Waals surface area (Å²) in [4.78, 5) is 22.5. The van der Waals surface area contributed by atoms with Crippen LogP contribution in [0.5, 0.6) is 0 Å². The lowest BCUT2D eigenvalue weighted by Crippen LogP contribution is -2.41. The van der Waals surface area contributed by atoms with E-state index in [0.29, 0.717) is 23.7 Å². The molecule has 0 saturated heterocycles. The quantitative estimate of drug-likeness (QED) is 0.541. The van der Waals surface area contributed by atoms with E-state index in [2.05, 4.69) is 0 Å². The Morgan fingerprint density at radius 2 is 0.944 bits per heavy atom. The largest absolute Gasteiger partial charge is 0.264 e. The van der Waals surface area contributed by atoms with Gasteiger partial charge < -0.3 is 0 Å². The molecule has 0 spiro atoms. The Hall–Kier alpha value is -1.20.